The van der Waals surface area contributed by atoms with Crippen molar-refractivity contribution in [3.8, 4) is 0 Å². The molecule has 1 aliphatic heterocycles. The lowest BCUT2D eigenvalue weighted by Crippen LogP contribution is -2.43. The summed E-state index contributed by atoms with van der Waals surface area (Å²) in [5.41, 5.74) is 6.22. The summed E-state index contributed by atoms with van der Waals surface area (Å²) >= 11 is 0. The monoisotopic (exact) mass is 249 g/mol. The molecule has 2 rings (SSSR count). The van der Waals surface area contributed by atoms with Crippen molar-refractivity contribution in [3.63, 3.8) is 0 Å². The normalized spacial score (nSPS) is 16.2. The first-order valence-electron chi connectivity index (χ1n) is 5.89. The minimum atomic E-state index is -0.540. The van der Waals surface area contributed by atoms with Gasteiger partial charge in [-0.05, 0) is 23.8 Å². The molecule has 96 valence electrons. The smallest absolute Gasteiger partial charge is 0.241 e. The van der Waals surface area contributed by atoms with Gasteiger partial charge in [-0.3, -0.25) is 4.79 Å². The van der Waals surface area contributed by atoms with Crippen molar-refractivity contribution >= 4 is 17.7 Å². The molecule has 0 radical (unpaired) electrons. The van der Waals surface area contributed by atoms with Gasteiger partial charge in [0.1, 0.15) is 5.82 Å². The first-order chi connectivity index (χ1) is 8.66. The third-order valence-electron chi connectivity index (χ3n) is 2.87. The number of carbonyl (C=O) groups excluding carboxylic acids is 1. The van der Waals surface area contributed by atoms with Crippen LogP contribution in [0.25, 0.3) is 6.08 Å². The van der Waals surface area contributed by atoms with E-state index >= 15 is 0 Å². The van der Waals surface area contributed by atoms with E-state index in [9.17, 15) is 9.18 Å². The zero-order chi connectivity index (χ0) is 13.0. The van der Waals surface area contributed by atoms with Crippen molar-refractivity contribution in [1.29, 1.82) is 0 Å². The number of nitrogens with one attached hydrogen (secondary N) is 1. The maximum atomic E-state index is 13.9. The molecule has 0 aromatic heterocycles. The molecule has 18 heavy (non-hydrogen) atoms. The summed E-state index contributed by atoms with van der Waals surface area (Å²) in [5.74, 6) is -0.815. The second-order valence-electron chi connectivity index (χ2n) is 4.18. The van der Waals surface area contributed by atoms with Crippen LogP contribution in [-0.2, 0) is 4.79 Å². The molecule has 5 heteroatoms. The Labute approximate surface area is 105 Å². The van der Waals surface area contributed by atoms with Crippen LogP contribution in [0.15, 0.2) is 24.3 Å². The van der Waals surface area contributed by atoms with E-state index in [2.05, 4.69) is 5.32 Å². The number of carbonyl (C=O) groups is 1. The SMILES string of the molecule is NC(=O)/C=C\c1ccc(N2CCNCC2)c(F)c1. The highest BCUT2D eigenvalue weighted by atomic mass is 19.1. The molecule has 1 amide bonds. The highest BCUT2D eigenvalue weighted by Gasteiger charge is 2.14. The number of rotatable bonds is 3. The zero-order valence-electron chi connectivity index (χ0n) is 10.0. The van der Waals surface area contributed by atoms with Crippen LogP contribution >= 0.6 is 0 Å². The average molecular weight is 249 g/mol. The lowest BCUT2D eigenvalue weighted by molar-refractivity contribution is -0.113. The highest BCUT2D eigenvalue weighted by molar-refractivity contribution is 5.90. The summed E-state index contributed by atoms with van der Waals surface area (Å²) in [6, 6.07) is 4.93. The first kappa shape index (κ1) is 12.6. The van der Waals surface area contributed by atoms with E-state index in [-0.39, 0.29) is 5.82 Å². The van der Waals surface area contributed by atoms with E-state index in [1.165, 1.54) is 18.2 Å². The van der Waals surface area contributed by atoms with E-state index in [1.54, 1.807) is 12.1 Å². The van der Waals surface area contributed by atoms with Gasteiger partial charge in [0, 0.05) is 32.3 Å². The largest absolute Gasteiger partial charge is 0.367 e. The maximum Gasteiger partial charge on any atom is 0.241 e. The molecule has 1 heterocycles. The van der Waals surface area contributed by atoms with Gasteiger partial charge in [0.2, 0.25) is 5.91 Å². The Morgan fingerprint density at radius 2 is 2.11 bits per heavy atom. The van der Waals surface area contributed by atoms with Crippen molar-refractivity contribution < 1.29 is 9.18 Å². The van der Waals surface area contributed by atoms with E-state index in [4.69, 9.17) is 5.73 Å². The summed E-state index contributed by atoms with van der Waals surface area (Å²) in [6.07, 6.45) is 2.73. The lowest BCUT2D eigenvalue weighted by atomic mass is 10.1. The fourth-order valence-electron chi connectivity index (χ4n) is 1.97. The van der Waals surface area contributed by atoms with Crippen molar-refractivity contribution in [3.05, 3.63) is 35.7 Å². The topological polar surface area (TPSA) is 58.4 Å². The number of nitrogens with two attached hydrogens (primary N) is 1. The predicted molar refractivity (Wildman–Crippen MR) is 69.7 cm³/mol. The van der Waals surface area contributed by atoms with Gasteiger partial charge in [-0.25, -0.2) is 4.39 Å². The van der Waals surface area contributed by atoms with Crippen molar-refractivity contribution in [2.45, 2.75) is 0 Å². The molecule has 0 aliphatic carbocycles. The van der Waals surface area contributed by atoms with Gasteiger partial charge in [-0.1, -0.05) is 6.07 Å². The zero-order valence-corrected chi connectivity index (χ0v) is 10.0. The number of benzene rings is 1. The lowest BCUT2D eigenvalue weighted by Gasteiger charge is -2.29. The molecule has 4 nitrogen and oxygen atoms in total. The minimum Gasteiger partial charge on any atom is -0.367 e. The number of nitrogens with zero attached hydrogens (tertiary/aromatic N) is 1. The molecule has 0 unspecified atom stereocenters. The van der Waals surface area contributed by atoms with E-state index < -0.39 is 5.91 Å². The molecule has 3 N–H and O–H groups in total. The number of piperazine rings is 1. The van der Waals surface area contributed by atoms with Crippen LogP contribution < -0.4 is 16.0 Å². The Kier molecular flexibility index (Phi) is 3.94. The summed E-state index contributed by atoms with van der Waals surface area (Å²) in [6.45, 7) is 3.33. The average Bonchev–Trinajstić information content (AvgIpc) is 2.37. The molecular formula is C13H16FN3O. The van der Waals surface area contributed by atoms with Crippen LogP contribution in [0, 0.1) is 5.82 Å². The standard InChI is InChI=1S/C13H16FN3O/c14-11-9-10(2-4-13(15)18)1-3-12(11)17-7-5-16-6-8-17/h1-4,9,16H,5-8H2,(H2,15,18)/b4-2-. The Bertz CT molecular complexity index is 467. The molecular weight excluding hydrogens is 233 g/mol. The minimum absolute atomic E-state index is 0.275. The number of anilines is 1. The van der Waals surface area contributed by atoms with Crippen molar-refractivity contribution in [1.82, 2.24) is 5.32 Å². The van der Waals surface area contributed by atoms with Gasteiger partial charge in [-0.2, -0.15) is 0 Å². The number of hydrogen-bond acceptors (Lipinski definition) is 3. The van der Waals surface area contributed by atoms with Gasteiger partial charge < -0.3 is 16.0 Å². The van der Waals surface area contributed by atoms with Crippen molar-refractivity contribution in [2.24, 2.45) is 5.73 Å². The van der Waals surface area contributed by atoms with E-state index in [1.807, 2.05) is 4.90 Å². The Hall–Kier alpha value is -1.88. The Morgan fingerprint density at radius 1 is 1.39 bits per heavy atom. The van der Waals surface area contributed by atoms with Crippen molar-refractivity contribution in [2.75, 3.05) is 31.1 Å². The number of halogens is 1. The summed E-state index contributed by atoms with van der Waals surface area (Å²) in [4.78, 5) is 12.6. The number of hydrogen-bond donors (Lipinski definition) is 2. The van der Waals surface area contributed by atoms with Crippen LogP contribution in [0.3, 0.4) is 0 Å². The summed E-state index contributed by atoms with van der Waals surface area (Å²) in [7, 11) is 0. The first-order valence-corrected chi connectivity index (χ1v) is 5.89. The molecule has 1 aromatic carbocycles. The Morgan fingerprint density at radius 3 is 2.72 bits per heavy atom. The van der Waals surface area contributed by atoms with Crippen LogP contribution in [0.5, 0.6) is 0 Å². The molecule has 0 spiro atoms. The number of primary amides is 1. The van der Waals surface area contributed by atoms with Gasteiger partial charge in [0.05, 0.1) is 5.69 Å². The van der Waals surface area contributed by atoms with Crippen LogP contribution in [0.4, 0.5) is 10.1 Å². The fourth-order valence-corrected chi connectivity index (χ4v) is 1.97. The van der Waals surface area contributed by atoms with Crippen LogP contribution in [-0.4, -0.2) is 32.1 Å². The second-order valence-corrected chi connectivity index (χ2v) is 4.18. The van der Waals surface area contributed by atoms with Crippen LogP contribution in [0.1, 0.15) is 5.56 Å². The van der Waals surface area contributed by atoms with Gasteiger partial charge in [-0.15, -0.1) is 0 Å². The number of amides is 1. The summed E-state index contributed by atoms with van der Waals surface area (Å²) in [5, 5.41) is 3.22. The van der Waals surface area contributed by atoms with Crippen LogP contribution in [0.2, 0.25) is 0 Å². The molecule has 0 atom stereocenters. The van der Waals surface area contributed by atoms with Gasteiger partial charge in [0.25, 0.3) is 0 Å². The quantitative estimate of drug-likeness (QED) is 0.777. The molecule has 1 saturated heterocycles. The molecule has 0 bridgehead atoms. The van der Waals surface area contributed by atoms with E-state index in [0.29, 0.717) is 11.3 Å². The third-order valence-corrected chi connectivity index (χ3v) is 2.87. The highest BCUT2D eigenvalue weighted by Crippen LogP contribution is 2.21. The molecule has 1 aliphatic rings. The molecule has 0 saturated carbocycles. The second kappa shape index (κ2) is 5.64. The summed E-state index contributed by atoms with van der Waals surface area (Å²) < 4.78 is 13.9. The third kappa shape index (κ3) is 3.07. The fraction of sp³-hybridized carbons (Fsp3) is 0.308. The molecule has 1 aromatic rings. The molecule has 1 fully saturated rings. The van der Waals surface area contributed by atoms with Gasteiger partial charge >= 0.3 is 0 Å². The Balaban J connectivity index is 2.16. The van der Waals surface area contributed by atoms with E-state index in [0.717, 1.165) is 26.2 Å². The van der Waals surface area contributed by atoms with Gasteiger partial charge in [0.15, 0.2) is 0 Å². The predicted octanol–water partition coefficient (Wildman–Crippen LogP) is 0.734. The maximum absolute atomic E-state index is 13.9.